The van der Waals surface area contributed by atoms with E-state index in [0.717, 1.165) is 0 Å². The molecule has 0 bridgehead atoms. The summed E-state index contributed by atoms with van der Waals surface area (Å²) in [6.45, 7) is 4.54. The molecule has 0 aromatic rings. The van der Waals surface area contributed by atoms with Gasteiger partial charge in [0.15, 0.2) is 0 Å². The van der Waals surface area contributed by atoms with Crippen LogP contribution in [-0.4, -0.2) is 68.9 Å². The molecule has 0 unspecified atom stereocenters. The van der Waals surface area contributed by atoms with Crippen LogP contribution in [0.5, 0.6) is 0 Å². The molecule has 2 saturated heterocycles. The number of nitrogens with zero attached hydrogens (tertiary/aromatic N) is 2. The molecule has 0 amide bonds. The summed E-state index contributed by atoms with van der Waals surface area (Å²) < 4.78 is 33.0. The molecule has 2 aliphatic heterocycles. The van der Waals surface area contributed by atoms with Crippen molar-refractivity contribution in [2.75, 3.05) is 39.8 Å². The molecular weight excluding hydrogens is 282 g/mol. The second-order valence-corrected chi connectivity index (χ2v) is 7.10. The van der Waals surface area contributed by atoms with Crippen molar-refractivity contribution in [2.45, 2.75) is 25.8 Å². The van der Waals surface area contributed by atoms with Gasteiger partial charge in [-0.15, -0.1) is 0 Å². The van der Waals surface area contributed by atoms with Crippen LogP contribution >= 0.6 is 0 Å². The standard InChI is InChI=1S/C12H23N3O4S/c1-3-15(11-8-13-9-11)20(17,18)14-6-4-10(5-7-14)12(16)19-2/h10-11,13H,3-9H2,1-2H3. The number of esters is 1. The predicted molar refractivity (Wildman–Crippen MR) is 74.3 cm³/mol. The first-order valence-electron chi connectivity index (χ1n) is 7.06. The van der Waals surface area contributed by atoms with Gasteiger partial charge in [-0.1, -0.05) is 6.92 Å². The van der Waals surface area contributed by atoms with Gasteiger partial charge < -0.3 is 10.1 Å². The first-order chi connectivity index (χ1) is 9.50. The number of likely N-dealkylation sites (N-methyl/N-ethyl adjacent to an activating group) is 1. The zero-order valence-electron chi connectivity index (χ0n) is 12.0. The van der Waals surface area contributed by atoms with E-state index in [2.05, 4.69) is 5.32 Å². The Morgan fingerprint density at radius 1 is 1.35 bits per heavy atom. The van der Waals surface area contributed by atoms with E-state index >= 15 is 0 Å². The van der Waals surface area contributed by atoms with Crippen LogP contribution in [-0.2, 0) is 19.7 Å². The Morgan fingerprint density at radius 3 is 2.35 bits per heavy atom. The minimum absolute atomic E-state index is 0.0586. The maximum Gasteiger partial charge on any atom is 0.308 e. The first kappa shape index (κ1) is 15.7. The van der Waals surface area contributed by atoms with E-state index in [4.69, 9.17) is 4.74 Å². The molecule has 1 N–H and O–H groups in total. The highest BCUT2D eigenvalue weighted by molar-refractivity contribution is 7.86. The lowest BCUT2D eigenvalue weighted by Crippen LogP contribution is -2.61. The van der Waals surface area contributed by atoms with Crippen molar-refractivity contribution >= 4 is 16.2 Å². The topological polar surface area (TPSA) is 79.0 Å². The molecule has 20 heavy (non-hydrogen) atoms. The summed E-state index contributed by atoms with van der Waals surface area (Å²) in [7, 11) is -2.05. The van der Waals surface area contributed by atoms with Crippen molar-refractivity contribution in [2.24, 2.45) is 5.92 Å². The number of carbonyl (C=O) groups excluding carboxylic acids is 1. The molecule has 0 aromatic heterocycles. The number of hydrogen-bond acceptors (Lipinski definition) is 5. The van der Waals surface area contributed by atoms with Gasteiger partial charge in [-0.3, -0.25) is 4.79 Å². The Balaban J connectivity index is 1.99. The quantitative estimate of drug-likeness (QED) is 0.687. The highest BCUT2D eigenvalue weighted by Crippen LogP contribution is 2.23. The molecule has 0 saturated carbocycles. The molecule has 2 heterocycles. The van der Waals surface area contributed by atoms with E-state index in [1.165, 1.54) is 11.4 Å². The van der Waals surface area contributed by atoms with Crippen LogP contribution in [0.2, 0.25) is 0 Å². The molecule has 0 radical (unpaired) electrons. The van der Waals surface area contributed by atoms with E-state index in [1.807, 2.05) is 6.92 Å². The summed E-state index contributed by atoms with van der Waals surface area (Å²) in [5.74, 6) is -0.413. The van der Waals surface area contributed by atoms with Gasteiger partial charge in [0.2, 0.25) is 0 Å². The number of nitrogens with one attached hydrogen (secondary N) is 1. The molecule has 0 aromatic carbocycles. The fraction of sp³-hybridized carbons (Fsp3) is 0.917. The highest BCUT2D eigenvalue weighted by atomic mass is 32.2. The van der Waals surface area contributed by atoms with Crippen LogP contribution in [0.25, 0.3) is 0 Å². The predicted octanol–water partition coefficient (Wildman–Crippen LogP) is -0.590. The van der Waals surface area contributed by atoms with Crippen molar-refractivity contribution < 1.29 is 17.9 Å². The maximum atomic E-state index is 12.6. The number of ether oxygens (including phenoxy) is 1. The Morgan fingerprint density at radius 2 is 1.95 bits per heavy atom. The van der Waals surface area contributed by atoms with Gasteiger partial charge in [0.25, 0.3) is 10.2 Å². The number of methoxy groups -OCH3 is 1. The van der Waals surface area contributed by atoms with Crippen LogP contribution in [0.1, 0.15) is 19.8 Å². The molecule has 0 aliphatic carbocycles. The summed E-state index contributed by atoms with van der Waals surface area (Å²) >= 11 is 0. The molecule has 0 atom stereocenters. The fourth-order valence-corrected chi connectivity index (χ4v) is 4.55. The molecule has 2 fully saturated rings. The van der Waals surface area contributed by atoms with Gasteiger partial charge in [0.1, 0.15) is 0 Å². The Hall–Kier alpha value is -0.700. The number of piperidine rings is 1. The fourth-order valence-electron chi connectivity index (χ4n) is 2.72. The van der Waals surface area contributed by atoms with Gasteiger partial charge in [-0.25, -0.2) is 0 Å². The third-order valence-corrected chi connectivity index (χ3v) is 6.26. The zero-order chi connectivity index (χ0) is 14.8. The lowest BCUT2D eigenvalue weighted by molar-refractivity contribution is -0.146. The van der Waals surface area contributed by atoms with Crippen molar-refractivity contribution in [1.29, 1.82) is 0 Å². The Kier molecular flexibility index (Phi) is 5.00. The lowest BCUT2D eigenvalue weighted by atomic mass is 9.99. The second-order valence-electron chi connectivity index (χ2n) is 5.22. The molecular formula is C12H23N3O4S. The third kappa shape index (κ3) is 2.98. The number of rotatable bonds is 5. The van der Waals surface area contributed by atoms with Gasteiger partial charge >= 0.3 is 5.97 Å². The summed E-state index contributed by atoms with van der Waals surface area (Å²) in [6.07, 6.45) is 1.07. The van der Waals surface area contributed by atoms with Gasteiger partial charge in [-0.05, 0) is 12.8 Å². The van der Waals surface area contributed by atoms with E-state index in [9.17, 15) is 13.2 Å². The number of hydrogen-bond donors (Lipinski definition) is 1. The SMILES string of the molecule is CCN(C1CNC1)S(=O)(=O)N1CCC(C(=O)OC)CC1. The average Bonchev–Trinajstić information content (AvgIpc) is 2.41. The normalized spacial score (nSPS) is 22.8. The van der Waals surface area contributed by atoms with Crippen molar-refractivity contribution in [3.05, 3.63) is 0 Å². The van der Waals surface area contributed by atoms with Gasteiger partial charge in [-0.2, -0.15) is 17.0 Å². The van der Waals surface area contributed by atoms with Crippen LogP contribution in [0.4, 0.5) is 0 Å². The van der Waals surface area contributed by atoms with Crippen molar-refractivity contribution in [3.8, 4) is 0 Å². The van der Waals surface area contributed by atoms with E-state index in [-0.39, 0.29) is 17.9 Å². The van der Waals surface area contributed by atoms with Gasteiger partial charge in [0.05, 0.1) is 19.1 Å². The van der Waals surface area contributed by atoms with Crippen LogP contribution in [0.15, 0.2) is 0 Å². The first-order valence-corrected chi connectivity index (χ1v) is 8.45. The van der Waals surface area contributed by atoms with Gasteiger partial charge in [0, 0.05) is 32.7 Å². The van der Waals surface area contributed by atoms with E-state index in [1.54, 1.807) is 4.31 Å². The minimum atomic E-state index is -3.42. The summed E-state index contributed by atoms with van der Waals surface area (Å²) in [6, 6.07) is 0.0586. The largest absolute Gasteiger partial charge is 0.469 e. The Bertz CT molecular complexity index is 442. The van der Waals surface area contributed by atoms with Crippen LogP contribution in [0, 0.1) is 5.92 Å². The average molecular weight is 305 g/mol. The molecule has 7 nitrogen and oxygen atoms in total. The molecule has 2 rings (SSSR count). The minimum Gasteiger partial charge on any atom is -0.469 e. The van der Waals surface area contributed by atoms with E-state index in [0.29, 0.717) is 45.6 Å². The summed E-state index contributed by atoms with van der Waals surface area (Å²) in [5, 5.41) is 3.09. The number of carbonyl (C=O) groups is 1. The van der Waals surface area contributed by atoms with Crippen LogP contribution in [0.3, 0.4) is 0 Å². The van der Waals surface area contributed by atoms with Crippen molar-refractivity contribution in [1.82, 2.24) is 13.9 Å². The third-order valence-electron chi connectivity index (χ3n) is 4.09. The smallest absolute Gasteiger partial charge is 0.308 e. The highest BCUT2D eigenvalue weighted by Gasteiger charge is 2.39. The van der Waals surface area contributed by atoms with Crippen molar-refractivity contribution in [3.63, 3.8) is 0 Å². The van der Waals surface area contributed by atoms with Crippen LogP contribution < -0.4 is 5.32 Å². The summed E-state index contributed by atoms with van der Waals surface area (Å²) in [4.78, 5) is 11.5. The molecule has 8 heteroatoms. The second kappa shape index (κ2) is 6.38. The summed E-state index contributed by atoms with van der Waals surface area (Å²) in [5.41, 5.74) is 0. The lowest BCUT2D eigenvalue weighted by Gasteiger charge is -2.40. The Labute approximate surface area is 120 Å². The monoisotopic (exact) mass is 305 g/mol. The zero-order valence-corrected chi connectivity index (χ0v) is 12.9. The molecule has 2 aliphatic rings. The van der Waals surface area contributed by atoms with E-state index < -0.39 is 10.2 Å². The molecule has 0 spiro atoms. The molecule has 116 valence electrons. The maximum absolute atomic E-state index is 12.6.